The highest BCUT2D eigenvalue weighted by Crippen LogP contribution is 2.33. The minimum atomic E-state index is -0.565. The van der Waals surface area contributed by atoms with E-state index in [0.717, 1.165) is 6.42 Å². The van der Waals surface area contributed by atoms with E-state index in [9.17, 15) is 14.0 Å². The molecule has 1 saturated heterocycles. The molecule has 0 radical (unpaired) electrons. The van der Waals surface area contributed by atoms with Crippen LogP contribution in [0, 0.1) is 24.6 Å². The third kappa shape index (κ3) is 3.68. The molecule has 3 rings (SSSR count). The summed E-state index contributed by atoms with van der Waals surface area (Å²) in [4.78, 5) is 26.8. The number of hydrogen-bond donors (Lipinski definition) is 0. The number of likely N-dealkylation sites (tertiary alicyclic amines) is 1. The molecular weight excluding hydrogens is 341 g/mol. The zero-order valence-corrected chi connectivity index (χ0v) is 15.5. The molecule has 2 atom stereocenters. The van der Waals surface area contributed by atoms with Crippen molar-refractivity contribution in [1.29, 1.82) is 0 Å². The average molecular weight is 363 g/mol. The number of halogens is 1. The third-order valence-corrected chi connectivity index (χ3v) is 5.87. The first-order chi connectivity index (χ1) is 11.9. The number of rotatable bonds is 3. The molecule has 0 spiro atoms. The van der Waals surface area contributed by atoms with Crippen molar-refractivity contribution in [3.8, 4) is 0 Å². The number of thiophene rings is 1. The van der Waals surface area contributed by atoms with Crippen LogP contribution in [0.25, 0.3) is 10.1 Å². The van der Waals surface area contributed by atoms with E-state index in [2.05, 4.69) is 13.8 Å². The van der Waals surface area contributed by atoms with Crippen molar-refractivity contribution in [2.75, 3.05) is 19.7 Å². The van der Waals surface area contributed by atoms with Crippen molar-refractivity contribution in [3.05, 3.63) is 34.5 Å². The van der Waals surface area contributed by atoms with Gasteiger partial charge in [-0.1, -0.05) is 19.9 Å². The van der Waals surface area contributed by atoms with E-state index < -0.39 is 5.97 Å². The van der Waals surface area contributed by atoms with Crippen LogP contribution in [0.3, 0.4) is 0 Å². The van der Waals surface area contributed by atoms with Gasteiger partial charge in [0.05, 0.1) is 0 Å². The summed E-state index contributed by atoms with van der Waals surface area (Å²) < 4.78 is 19.9. The summed E-state index contributed by atoms with van der Waals surface area (Å²) in [6.07, 6.45) is 1.11. The van der Waals surface area contributed by atoms with Crippen LogP contribution in [0.4, 0.5) is 4.39 Å². The van der Waals surface area contributed by atoms with Crippen LogP contribution in [0.15, 0.2) is 18.2 Å². The molecule has 0 bridgehead atoms. The minimum Gasteiger partial charge on any atom is -0.451 e. The van der Waals surface area contributed by atoms with Gasteiger partial charge in [-0.15, -0.1) is 11.3 Å². The Bertz CT molecular complexity index is 806. The third-order valence-electron chi connectivity index (χ3n) is 4.64. The molecule has 2 heterocycles. The highest BCUT2D eigenvalue weighted by molar-refractivity contribution is 7.21. The van der Waals surface area contributed by atoms with Gasteiger partial charge in [-0.3, -0.25) is 4.79 Å². The first-order valence-corrected chi connectivity index (χ1v) is 9.31. The van der Waals surface area contributed by atoms with Crippen molar-refractivity contribution < 1.29 is 18.7 Å². The Morgan fingerprint density at radius 3 is 2.60 bits per heavy atom. The molecule has 1 aliphatic heterocycles. The molecule has 6 heteroatoms. The molecule has 0 N–H and O–H groups in total. The smallest absolute Gasteiger partial charge is 0.349 e. The summed E-state index contributed by atoms with van der Waals surface area (Å²) in [6.45, 7) is 7.08. The van der Waals surface area contributed by atoms with E-state index >= 15 is 0 Å². The molecule has 1 aromatic heterocycles. The lowest BCUT2D eigenvalue weighted by Crippen LogP contribution is -2.44. The second-order valence-electron chi connectivity index (χ2n) is 6.99. The number of amides is 1. The molecule has 1 fully saturated rings. The molecule has 134 valence electrons. The zero-order valence-electron chi connectivity index (χ0n) is 14.7. The average Bonchev–Trinajstić information content (AvgIpc) is 2.89. The van der Waals surface area contributed by atoms with Crippen LogP contribution in [-0.4, -0.2) is 36.5 Å². The topological polar surface area (TPSA) is 46.6 Å². The summed E-state index contributed by atoms with van der Waals surface area (Å²) in [6, 6.07) is 4.76. The second-order valence-corrected chi connectivity index (χ2v) is 8.04. The van der Waals surface area contributed by atoms with Crippen molar-refractivity contribution in [3.63, 3.8) is 0 Å². The van der Waals surface area contributed by atoms with E-state index in [1.165, 1.54) is 17.4 Å². The highest BCUT2D eigenvalue weighted by Gasteiger charge is 2.26. The van der Waals surface area contributed by atoms with Crippen LogP contribution in [-0.2, 0) is 9.53 Å². The van der Waals surface area contributed by atoms with E-state index in [4.69, 9.17) is 4.74 Å². The van der Waals surface area contributed by atoms with Crippen LogP contribution < -0.4 is 0 Å². The maximum Gasteiger partial charge on any atom is 0.349 e. The summed E-state index contributed by atoms with van der Waals surface area (Å²) in [7, 11) is 0. The Morgan fingerprint density at radius 1 is 1.28 bits per heavy atom. The normalized spacial score (nSPS) is 20.7. The van der Waals surface area contributed by atoms with Gasteiger partial charge in [0.25, 0.3) is 5.91 Å². The Labute approximate surface area is 150 Å². The molecule has 4 nitrogen and oxygen atoms in total. The predicted octanol–water partition coefficient (Wildman–Crippen LogP) is 4.01. The number of carbonyl (C=O) groups excluding carboxylic acids is 2. The van der Waals surface area contributed by atoms with Crippen molar-refractivity contribution in [1.82, 2.24) is 4.90 Å². The molecule has 1 aromatic carbocycles. The maximum absolute atomic E-state index is 13.9. The standard InChI is InChI=1S/C19H22FNO3S/c1-11-7-12(2)9-21(8-11)16(22)10-24-19(23)18-13(3)17-14(20)5-4-6-15(17)25-18/h4-6,11-12H,7-10H2,1-3H3/t11-,12+. The van der Waals surface area contributed by atoms with Gasteiger partial charge in [0.1, 0.15) is 10.7 Å². The summed E-state index contributed by atoms with van der Waals surface area (Å²) in [5, 5.41) is 0.449. The number of aryl methyl sites for hydroxylation is 1. The molecule has 25 heavy (non-hydrogen) atoms. The van der Waals surface area contributed by atoms with E-state index in [0.29, 0.717) is 45.5 Å². The second kappa shape index (κ2) is 7.12. The van der Waals surface area contributed by atoms with Crippen LogP contribution in [0.2, 0.25) is 0 Å². The van der Waals surface area contributed by atoms with Gasteiger partial charge in [-0.25, -0.2) is 9.18 Å². The Morgan fingerprint density at radius 2 is 1.96 bits per heavy atom. The number of benzene rings is 1. The summed E-state index contributed by atoms with van der Waals surface area (Å²) in [5.41, 5.74) is 0.566. The lowest BCUT2D eigenvalue weighted by atomic mass is 9.92. The fourth-order valence-corrected chi connectivity index (χ4v) is 4.72. The lowest BCUT2D eigenvalue weighted by Gasteiger charge is -2.34. The monoisotopic (exact) mass is 363 g/mol. The van der Waals surface area contributed by atoms with E-state index in [-0.39, 0.29) is 18.3 Å². The molecule has 2 aromatic rings. The van der Waals surface area contributed by atoms with Gasteiger partial charge in [0.2, 0.25) is 0 Å². The number of nitrogens with zero attached hydrogens (tertiary/aromatic N) is 1. The fraction of sp³-hybridized carbons (Fsp3) is 0.474. The van der Waals surface area contributed by atoms with Crippen molar-refractivity contribution >= 4 is 33.3 Å². The van der Waals surface area contributed by atoms with Gasteiger partial charge >= 0.3 is 5.97 Å². The Balaban J connectivity index is 1.68. The van der Waals surface area contributed by atoms with Gasteiger partial charge in [-0.2, -0.15) is 0 Å². The number of fused-ring (bicyclic) bond motifs is 1. The number of ether oxygens (including phenoxy) is 1. The van der Waals surface area contributed by atoms with E-state index in [1.54, 1.807) is 24.0 Å². The van der Waals surface area contributed by atoms with Crippen LogP contribution in [0.1, 0.15) is 35.5 Å². The highest BCUT2D eigenvalue weighted by atomic mass is 32.1. The van der Waals surface area contributed by atoms with Crippen LogP contribution in [0.5, 0.6) is 0 Å². The fourth-order valence-electron chi connectivity index (χ4n) is 3.60. The first kappa shape index (κ1) is 17.9. The zero-order chi connectivity index (χ0) is 18.1. The number of carbonyl (C=O) groups is 2. The minimum absolute atomic E-state index is 0.170. The lowest BCUT2D eigenvalue weighted by molar-refractivity contribution is -0.137. The molecule has 1 aliphatic rings. The van der Waals surface area contributed by atoms with Gasteiger partial charge in [-0.05, 0) is 42.9 Å². The molecule has 0 unspecified atom stereocenters. The van der Waals surface area contributed by atoms with Gasteiger partial charge < -0.3 is 9.64 Å². The quantitative estimate of drug-likeness (QED) is 0.774. The number of hydrogen-bond acceptors (Lipinski definition) is 4. The number of esters is 1. The summed E-state index contributed by atoms with van der Waals surface area (Å²) >= 11 is 1.19. The van der Waals surface area contributed by atoms with Gasteiger partial charge in [0.15, 0.2) is 6.61 Å². The SMILES string of the molecule is Cc1c(C(=O)OCC(=O)N2C[C@H](C)C[C@H](C)C2)sc2cccc(F)c12. The molecule has 1 amide bonds. The molecule has 0 aliphatic carbocycles. The van der Waals surface area contributed by atoms with Gasteiger partial charge in [0, 0.05) is 23.2 Å². The maximum atomic E-state index is 13.9. The van der Waals surface area contributed by atoms with E-state index in [1.807, 2.05) is 0 Å². The molecular formula is C19H22FNO3S. The Kier molecular flexibility index (Phi) is 5.08. The number of piperidine rings is 1. The summed E-state index contributed by atoms with van der Waals surface area (Å²) in [5.74, 6) is -0.175. The van der Waals surface area contributed by atoms with Crippen molar-refractivity contribution in [2.24, 2.45) is 11.8 Å². The molecule has 0 saturated carbocycles. The first-order valence-electron chi connectivity index (χ1n) is 8.49. The largest absolute Gasteiger partial charge is 0.451 e. The predicted molar refractivity (Wildman–Crippen MR) is 96.3 cm³/mol. The van der Waals surface area contributed by atoms with Crippen LogP contribution >= 0.6 is 11.3 Å². The van der Waals surface area contributed by atoms with Crippen molar-refractivity contribution in [2.45, 2.75) is 27.2 Å². The Hall–Kier alpha value is -1.95.